The van der Waals surface area contributed by atoms with E-state index >= 15 is 0 Å². The van der Waals surface area contributed by atoms with Crippen LogP contribution >= 0.6 is 0 Å². The third kappa shape index (κ3) is 1.81. The Bertz CT molecular complexity index is 875. The van der Waals surface area contributed by atoms with Gasteiger partial charge in [-0.05, 0) is 26.0 Å². The van der Waals surface area contributed by atoms with E-state index in [0.29, 0.717) is 0 Å². The lowest BCUT2D eigenvalue weighted by atomic mass is 9.95. The molecule has 4 rings (SSSR count). The third-order valence-electron chi connectivity index (χ3n) is 5.25. The molecule has 8 nitrogen and oxygen atoms in total. The predicted molar refractivity (Wildman–Crippen MR) is 89.4 cm³/mol. The molecule has 0 aromatic heterocycles. The van der Waals surface area contributed by atoms with E-state index in [1.54, 1.807) is 26.0 Å². The van der Waals surface area contributed by atoms with Gasteiger partial charge in [0, 0.05) is 0 Å². The molecule has 136 valence electrons. The van der Waals surface area contributed by atoms with Crippen molar-refractivity contribution in [3.8, 4) is 0 Å². The van der Waals surface area contributed by atoms with Crippen molar-refractivity contribution in [2.45, 2.75) is 36.1 Å². The van der Waals surface area contributed by atoms with Gasteiger partial charge in [0.15, 0.2) is 6.04 Å². The summed E-state index contributed by atoms with van der Waals surface area (Å²) >= 11 is 0. The maximum absolute atomic E-state index is 13.0. The SMILES string of the molecule is COC(=O)[C@@H]1N2C(=O)[C@@H](N3C(=O)c4ccccc4C3=O)[C@H]2S(=O)C1(C)C. The van der Waals surface area contributed by atoms with Gasteiger partial charge in [0.2, 0.25) is 0 Å². The van der Waals surface area contributed by atoms with Crippen LogP contribution in [0.2, 0.25) is 0 Å². The van der Waals surface area contributed by atoms with E-state index in [1.807, 2.05) is 0 Å². The molecule has 2 saturated heterocycles. The second-order valence-corrected chi connectivity index (χ2v) is 9.06. The molecular formula is C17H16N2O6S. The lowest BCUT2D eigenvalue weighted by Crippen LogP contribution is -2.72. The van der Waals surface area contributed by atoms with E-state index in [4.69, 9.17) is 4.74 Å². The van der Waals surface area contributed by atoms with Crippen LogP contribution in [0.15, 0.2) is 24.3 Å². The van der Waals surface area contributed by atoms with Crippen molar-refractivity contribution in [2.75, 3.05) is 7.11 Å². The van der Waals surface area contributed by atoms with Crippen molar-refractivity contribution in [1.29, 1.82) is 0 Å². The number of β-lactam (4-membered cyclic amide) rings is 1. The largest absolute Gasteiger partial charge is 0.467 e. The van der Waals surface area contributed by atoms with E-state index in [-0.39, 0.29) is 11.1 Å². The first-order chi connectivity index (χ1) is 12.2. The Balaban J connectivity index is 1.73. The molecule has 2 fully saturated rings. The number of ether oxygens (including phenoxy) is 1. The van der Waals surface area contributed by atoms with Crippen LogP contribution in [-0.2, 0) is 25.1 Å². The molecule has 3 heterocycles. The Labute approximate surface area is 151 Å². The highest BCUT2D eigenvalue weighted by Crippen LogP contribution is 2.46. The Hall–Kier alpha value is -2.55. The Morgan fingerprint density at radius 1 is 1.12 bits per heavy atom. The molecule has 0 aliphatic carbocycles. The number of amides is 3. The van der Waals surface area contributed by atoms with Crippen molar-refractivity contribution < 1.29 is 28.1 Å². The fourth-order valence-electron chi connectivity index (χ4n) is 3.93. The molecule has 0 N–H and O–H groups in total. The predicted octanol–water partition coefficient (Wildman–Crippen LogP) is -0.0980. The Morgan fingerprint density at radius 3 is 2.15 bits per heavy atom. The number of methoxy groups -OCH3 is 1. The minimum Gasteiger partial charge on any atom is -0.467 e. The number of hydrogen-bond acceptors (Lipinski definition) is 6. The van der Waals surface area contributed by atoms with Gasteiger partial charge in [-0.25, -0.2) is 4.79 Å². The van der Waals surface area contributed by atoms with Gasteiger partial charge in [-0.1, -0.05) is 12.1 Å². The van der Waals surface area contributed by atoms with Crippen LogP contribution in [0.3, 0.4) is 0 Å². The maximum atomic E-state index is 13.0. The van der Waals surface area contributed by atoms with E-state index in [1.165, 1.54) is 24.1 Å². The summed E-state index contributed by atoms with van der Waals surface area (Å²) in [6.07, 6.45) is 0. The first kappa shape index (κ1) is 16.9. The smallest absolute Gasteiger partial charge is 0.330 e. The average Bonchev–Trinajstić information content (AvgIpc) is 2.97. The maximum Gasteiger partial charge on any atom is 0.330 e. The van der Waals surface area contributed by atoms with Crippen molar-refractivity contribution >= 4 is 34.5 Å². The fourth-order valence-corrected chi connectivity index (χ4v) is 5.88. The topological polar surface area (TPSA) is 101 Å². The molecule has 3 amide bonds. The average molecular weight is 376 g/mol. The fraction of sp³-hybridized carbons (Fsp3) is 0.412. The number of esters is 1. The zero-order valence-corrected chi connectivity index (χ0v) is 15.1. The second-order valence-electron chi connectivity index (χ2n) is 6.93. The summed E-state index contributed by atoms with van der Waals surface area (Å²) in [6, 6.07) is 4.11. The zero-order valence-electron chi connectivity index (χ0n) is 14.3. The van der Waals surface area contributed by atoms with Gasteiger partial charge in [0.1, 0.15) is 11.4 Å². The molecule has 1 unspecified atom stereocenters. The monoisotopic (exact) mass is 376 g/mol. The molecule has 0 radical (unpaired) electrons. The van der Waals surface area contributed by atoms with E-state index in [2.05, 4.69) is 0 Å². The Kier molecular flexibility index (Phi) is 3.40. The first-order valence-electron chi connectivity index (χ1n) is 8.01. The third-order valence-corrected chi connectivity index (χ3v) is 7.44. The Morgan fingerprint density at radius 2 is 1.65 bits per heavy atom. The van der Waals surface area contributed by atoms with Crippen LogP contribution in [0.5, 0.6) is 0 Å². The van der Waals surface area contributed by atoms with Gasteiger partial charge in [-0.3, -0.25) is 23.5 Å². The van der Waals surface area contributed by atoms with Crippen molar-refractivity contribution in [1.82, 2.24) is 9.80 Å². The molecule has 9 heteroatoms. The van der Waals surface area contributed by atoms with E-state index in [9.17, 15) is 23.4 Å². The summed E-state index contributed by atoms with van der Waals surface area (Å²) in [5.74, 6) is -2.40. The summed E-state index contributed by atoms with van der Waals surface area (Å²) in [4.78, 5) is 52.3. The van der Waals surface area contributed by atoms with Crippen LogP contribution < -0.4 is 0 Å². The standard InChI is InChI=1S/C17H16N2O6S/c1-17(2)11(16(23)25-3)19-14(22)10(15(19)26(17)24)18-12(20)8-6-4-5-7-9(8)13(18)21/h4-7,10-11,15H,1-3H3/t10-,11+,15-,26?/m1/s1. The number of carbonyl (C=O) groups excluding carboxylic acids is 4. The summed E-state index contributed by atoms with van der Waals surface area (Å²) < 4.78 is 16.7. The molecular weight excluding hydrogens is 360 g/mol. The number of hydrogen-bond donors (Lipinski definition) is 0. The molecule has 0 spiro atoms. The number of benzene rings is 1. The molecule has 1 aromatic rings. The van der Waals surface area contributed by atoms with Crippen LogP contribution in [0.25, 0.3) is 0 Å². The number of imide groups is 1. The summed E-state index contributed by atoms with van der Waals surface area (Å²) in [5, 5.41) is -0.913. The van der Waals surface area contributed by atoms with Crippen LogP contribution in [-0.4, -0.2) is 67.0 Å². The molecule has 26 heavy (non-hydrogen) atoms. The van der Waals surface area contributed by atoms with E-state index in [0.717, 1.165) is 4.90 Å². The molecule has 4 atom stereocenters. The number of nitrogens with zero attached hydrogens (tertiary/aromatic N) is 2. The lowest BCUT2D eigenvalue weighted by molar-refractivity contribution is -0.164. The quantitative estimate of drug-likeness (QED) is 0.406. The molecule has 3 aliphatic rings. The summed E-state index contributed by atoms with van der Waals surface area (Å²) in [7, 11) is -0.462. The molecule has 3 aliphatic heterocycles. The van der Waals surface area contributed by atoms with Gasteiger partial charge in [-0.15, -0.1) is 0 Å². The van der Waals surface area contributed by atoms with Gasteiger partial charge in [0.05, 0.1) is 33.8 Å². The van der Waals surface area contributed by atoms with Gasteiger partial charge in [-0.2, -0.15) is 0 Å². The zero-order chi connectivity index (χ0) is 19.0. The lowest BCUT2D eigenvalue weighted by Gasteiger charge is -2.45. The van der Waals surface area contributed by atoms with Gasteiger partial charge < -0.3 is 9.64 Å². The highest BCUT2D eigenvalue weighted by molar-refractivity contribution is 7.87. The minimum absolute atomic E-state index is 0.219. The normalized spacial score (nSPS) is 31.6. The summed E-state index contributed by atoms with van der Waals surface area (Å²) in [5.41, 5.74) is 0.438. The van der Waals surface area contributed by atoms with Gasteiger partial charge in [0.25, 0.3) is 17.7 Å². The number of carbonyl (C=O) groups is 4. The molecule has 1 aromatic carbocycles. The number of rotatable bonds is 2. The van der Waals surface area contributed by atoms with Gasteiger partial charge >= 0.3 is 5.97 Å². The van der Waals surface area contributed by atoms with Crippen LogP contribution in [0, 0.1) is 0 Å². The number of fused-ring (bicyclic) bond motifs is 2. The first-order valence-corrected chi connectivity index (χ1v) is 9.22. The highest BCUT2D eigenvalue weighted by atomic mass is 32.2. The summed E-state index contributed by atoms with van der Waals surface area (Å²) in [6.45, 7) is 3.21. The van der Waals surface area contributed by atoms with Crippen molar-refractivity contribution in [3.63, 3.8) is 0 Å². The van der Waals surface area contributed by atoms with Crippen LogP contribution in [0.1, 0.15) is 34.6 Å². The van der Waals surface area contributed by atoms with Crippen molar-refractivity contribution in [2.24, 2.45) is 0 Å². The van der Waals surface area contributed by atoms with E-state index < -0.39 is 56.7 Å². The van der Waals surface area contributed by atoms with Crippen molar-refractivity contribution in [3.05, 3.63) is 35.4 Å². The van der Waals surface area contributed by atoms with Crippen LogP contribution in [0.4, 0.5) is 0 Å². The second kappa shape index (κ2) is 5.23. The highest BCUT2D eigenvalue weighted by Gasteiger charge is 2.71. The molecule has 0 bridgehead atoms. The minimum atomic E-state index is -1.66. The molecule has 0 saturated carbocycles.